The Morgan fingerprint density at radius 1 is 1.29 bits per heavy atom. The Hall–Kier alpha value is -2.44. The van der Waals surface area contributed by atoms with E-state index in [4.69, 9.17) is 9.47 Å². The molecule has 0 spiro atoms. The molecule has 0 unspecified atom stereocenters. The fraction of sp³-hybridized carbons (Fsp3) is 0.333. The molecule has 3 rings (SSSR count). The van der Waals surface area contributed by atoms with Gasteiger partial charge in [-0.05, 0) is 30.2 Å². The molecule has 0 saturated carbocycles. The maximum absolute atomic E-state index is 12.0. The van der Waals surface area contributed by atoms with Gasteiger partial charge in [-0.3, -0.25) is 4.79 Å². The van der Waals surface area contributed by atoms with Gasteiger partial charge >= 0.3 is 0 Å². The highest BCUT2D eigenvalue weighted by Gasteiger charge is 2.31. The van der Waals surface area contributed by atoms with Crippen LogP contribution in [0, 0.1) is 0 Å². The molecule has 1 aliphatic rings. The van der Waals surface area contributed by atoms with Crippen molar-refractivity contribution < 1.29 is 19.4 Å². The lowest BCUT2D eigenvalue weighted by molar-refractivity contribution is -0.256. The fourth-order valence-corrected chi connectivity index (χ4v) is 2.70. The highest BCUT2D eigenvalue weighted by atomic mass is 16.7. The average Bonchev–Trinajstić information content (AvgIpc) is 2.57. The van der Waals surface area contributed by atoms with Crippen LogP contribution in [0.3, 0.4) is 0 Å². The van der Waals surface area contributed by atoms with Crippen molar-refractivity contribution in [2.75, 3.05) is 13.2 Å². The number of nitrogens with zero attached hydrogens (tertiary/aromatic N) is 1. The van der Waals surface area contributed by atoms with Crippen molar-refractivity contribution in [3.8, 4) is 5.75 Å². The Kier molecular flexibility index (Phi) is 4.78. The molecule has 2 aromatic carbocycles. The number of hydrogen-bond donors (Lipinski definition) is 2. The van der Waals surface area contributed by atoms with E-state index in [1.165, 1.54) is 6.21 Å². The Morgan fingerprint density at radius 3 is 2.83 bits per heavy atom. The number of nitrogens with one attached hydrogen (secondary N) is 1. The molecule has 1 heterocycles. The van der Waals surface area contributed by atoms with Gasteiger partial charge < -0.3 is 14.6 Å². The third kappa shape index (κ3) is 3.72. The van der Waals surface area contributed by atoms with Crippen LogP contribution in [0.25, 0.3) is 10.8 Å². The molecule has 24 heavy (non-hydrogen) atoms. The molecule has 0 radical (unpaired) electrons. The first-order valence-electron chi connectivity index (χ1n) is 7.88. The maximum Gasteiger partial charge on any atom is 0.245 e. The first-order chi connectivity index (χ1) is 11.6. The van der Waals surface area contributed by atoms with Crippen LogP contribution in [0.1, 0.15) is 25.3 Å². The van der Waals surface area contributed by atoms with Crippen molar-refractivity contribution in [1.29, 1.82) is 0 Å². The number of aromatic hydroxyl groups is 1. The topological polar surface area (TPSA) is 80.2 Å². The molecule has 2 N–H and O–H groups in total. The van der Waals surface area contributed by atoms with Crippen molar-refractivity contribution in [3.05, 3.63) is 42.0 Å². The van der Waals surface area contributed by atoms with E-state index in [1.807, 2.05) is 30.3 Å². The van der Waals surface area contributed by atoms with Crippen molar-refractivity contribution in [3.63, 3.8) is 0 Å². The predicted molar refractivity (Wildman–Crippen MR) is 90.9 cm³/mol. The molecule has 0 bridgehead atoms. The lowest BCUT2D eigenvalue weighted by Crippen LogP contribution is -2.41. The molecule has 0 aliphatic carbocycles. The van der Waals surface area contributed by atoms with E-state index in [0.717, 1.165) is 17.2 Å². The summed E-state index contributed by atoms with van der Waals surface area (Å²) in [4.78, 5) is 12.0. The van der Waals surface area contributed by atoms with Gasteiger partial charge in [0, 0.05) is 5.56 Å². The fourth-order valence-electron chi connectivity index (χ4n) is 2.70. The number of rotatable bonds is 4. The van der Waals surface area contributed by atoms with E-state index in [0.29, 0.717) is 18.8 Å². The highest BCUT2D eigenvalue weighted by Crippen LogP contribution is 2.25. The normalized spacial score (nSPS) is 17.2. The smallest absolute Gasteiger partial charge is 0.245 e. The number of hydrogen-bond acceptors (Lipinski definition) is 5. The van der Waals surface area contributed by atoms with Gasteiger partial charge in [0.05, 0.1) is 25.8 Å². The van der Waals surface area contributed by atoms with Crippen molar-refractivity contribution >= 4 is 22.9 Å². The summed E-state index contributed by atoms with van der Waals surface area (Å²) in [7, 11) is 0. The molecule has 1 aliphatic heterocycles. The van der Waals surface area contributed by atoms with Gasteiger partial charge in [-0.1, -0.05) is 30.3 Å². The molecule has 6 heteroatoms. The van der Waals surface area contributed by atoms with E-state index in [1.54, 1.807) is 13.0 Å². The Morgan fingerprint density at radius 2 is 2.04 bits per heavy atom. The van der Waals surface area contributed by atoms with Crippen LogP contribution < -0.4 is 5.43 Å². The average molecular weight is 328 g/mol. The summed E-state index contributed by atoms with van der Waals surface area (Å²) >= 11 is 0. The standard InChI is InChI=1S/C18H20N2O4/c1-18(23-9-4-10-24-18)11-17(22)20-19-12-15-14-6-3-2-5-13(14)7-8-16(15)21/h2-3,5-8,12,21H,4,9-11H2,1H3,(H,20,22)/b19-12-. The second-order valence-corrected chi connectivity index (χ2v) is 5.87. The third-order valence-electron chi connectivity index (χ3n) is 3.92. The summed E-state index contributed by atoms with van der Waals surface area (Å²) < 4.78 is 11.0. The summed E-state index contributed by atoms with van der Waals surface area (Å²) in [5, 5.41) is 15.8. The largest absolute Gasteiger partial charge is 0.507 e. The Bertz CT molecular complexity index is 767. The lowest BCUT2D eigenvalue weighted by atomic mass is 10.0. The van der Waals surface area contributed by atoms with Crippen LogP contribution in [0.15, 0.2) is 41.5 Å². The number of ether oxygens (including phenoxy) is 2. The summed E-state index contributed by atoms with van der Waals surface area (Å²) in [5.74, 6) is -1.10. The van der Waals surface area contributed by atoms with Crippen molar-refractivity contribution in [1.82, 2.24) is 5.43 Å². The van der Waals surface area contributed by atoms with Crippen LogP contribution in [-0.4, -0.2) is 36.2 Å². The maximum atomic E-state index is 12.0. The van der Waals surface area contributed by atoms with Gasteiger partial charge in [0.2, 0.25) is 5.91 Å². The minimum atomic E-state index is -0.903. The van der Waals surface area contributed by atoms with E-state index < -0.39 is 5.79 Å². The van der Waals surface area contributed by atoms with Crippen LogP contribution in [-0.2, 0) is 14.3 Å². The summed E-state index contributed by atoms with van der Waals surface area (Å²) in [6.07, 6.45) is 2.34. The van der Waals surface area contributed by atoms with Gasteiger partial charge in [-0.2, -0.15) is 5.10 Å². The number of phenolic OH excluding ortho intramolecular Hbond substituents is 1. The first kappa shape index (κ1) is 16.4. The molecule has 1 amide bonds. The Labute approximate surface area is 140 Å². The third-order valence-corrected chi connectivity index (χ3v) is 3.92. The van der Waals surface area contributed by atoms with Crippen LogP contribution >= 0.6 is 0 Å². The van der Waals surface area contributed by atoms with Crippen molar-refractivity contribution in [2.24, 2.45) is 5.10 Å². The number of benzene rings is 2. The molecular formula is C18H20N2O4. The Balaban J connectivity index is 1.68. The molecule has 1 fully saturated rings. The predicted octanol–water partition coefficient (Wildman–Crippen LogP) is 2.54. The molecular weight excluding hydrogens is 308 g/mol. The number of fused-ring (bicyclic) bond motifs is 1. The second kappa shape index (κ2) is 6.98. The quantitative estimate of drug-likeness (QED) is 0.668. The van der Waals surface area contributed by atoms with E-state index in [-0.39, 0.29) is 18.1 Å². The number of amides is 1. The van der Waals surface area contributed by atoms with Crippen LogP contribution in [0.4, 0.5) is 0 Å². The number of hydrazone groups is 1. The lowest BCUT2D eigenvalue weighted by Gasteiger charge is -2.33. The van der Waals surface area contributed by atoms with Gasteiger partial charge in [0.1, 0.15) is 5.75 Å². The van der Waals surface area contributed by atoms with Gasteiger partial charge in [0.15, 0.2) is 5.79 Å². The summed E-state index contributed by atoms with van der Waals surface area (Å²) in [5.41, 5.74) is 3.01. The monoisotopic (exact) mass is 328 g/mol. The number of carbonyl (C=O) groups excluding carboxylic acids is 1. The van der Waals surface area contributed by atoms with Crippen LogP contribution in [0.5, 0.6) is 5.75 Å². The van der Waals surface area contributed by atoms with Gasteiger partial charge in [-0.15, -0.1) is 0 Å². The molecule has 0 aromatic heterocycles. The van der Waals surface area contributed by atoms with Crippen molar-refractivity contribution in [2.45, 2.75) is 25.6 Å². The van der Waals surface area contributed by atoms with Crippen LogP contribution in [0.2, 0.25) is 0 Å². The van der Waals surface area contributed by atoms with E-state index >= 15 is 0 Å². The highest BCUT2D eigenvalue weighted by molar-refractivity contribution is 6.02. The molecule has 2 aromatic rings. The first-order valence-corrected chi connectivity index (χ1v) is 7.88. The summed E-state index contributed by atoms with van der Waals surface area (Å²) in [6.45, 7) is 2.90. The molecule has 126 valence electrons. The SMILES string of the molecule is CC1(CC(=O)N/N=C\c2c(O)ccc3ccccc23)OCCCO1. The number of carbonyl (C=O) groups is 1. The second-order valence-electron chi connectivity index (χ2n) is 5.87. The number of phenols is 1. The van der Waals surface area contributed by atoms with E-state index in [9.17, 15) is 9.90 Å². The van der Waals surface area contributed by atoms with E-state index in [2.05, 4.69) is 10.5 Å². The molecule has 6 nitrogen and oxygen atoms in total. The molecule has 1 saturated heterocycles. The van der Waals surface area contributed by atoms with Gasteiger partial charge in [0.25, 0.3) is 0 Å². The minimum absolute atomic E-state index is 0.0614. The minimum Gasteiger partial charge on any atom is -0.507 e. The zero-order valence-electron chi connectivity index (χ0n) is 13.5. The van der Waals surface area contributed by atoms with Gasteiger partial charge in [-0.25, -0.2) is 5.43 Å². The summed E-state index contributed by atoms with van der Waals surface area (Å²) in [6, 6.07) is 11.1. The zero-order valence-corrected chi connectivity index (χ0v) is 13.5. The molecule has 0 atom stereocenters. The zero-order chi connectivity index (χ0) is 17.0.